The van der Waals surface area contributed by atoms with E-state index < -0.39 is 11.8 Å². The molecule has 2 aromatic carbocycles. The minimum absolute atomic E-state index is 0.113. The second-order valence-electron chi connectivity index (χ2n) is 4.14. The smallest absolute Gasteiger partial charge is 0.335 e. The standard InChI is InChI=1S/C14H7ClFNO3/c15-10-5-9(16)6-11-12(10)20-13(17-11)7-2-1-3-8(4-7)14(18)19/h1-6H,(H,18,19). The van der Waals surface area contributed by atoms with Crippen LogP contribution in [0.5, 0.6) is 0 Å². The zero-order valence-electron chi connectivity index (χ0n) is 9.93. The lowest BCUT2D eigenvalue weighted by Crippen LogP contribution is -1.95. The lowest BCUT2D eigenvalue weighted by atomic mass is 10.1. The summed E-state index contributed by atoms with van der Waals surface area (Å²) in [5, 5.41) is 9.07. The molecule has 0 saturated carbocycles. The predicted molar refractivity (Wildman–Crippen MR) is 71.4 cm³/mol. The number of hydrogen-bond acceptors (Lipinski definition) is 3. The molecule has 0 saturated heterocycles. The van der Waals surface area contributed by atoms with E-state index in [9.17, 15) is 9.18 Å². The molecular weight excluding hydrogens is 285 g/mol. The normalized spacial score (nSPS) is 10.9. The Morgan fingerprint density at radius 2 is 2.10 bits per heavy atom. The summed E-state index contributed by atoms with van der Waals surface area (Å²) in [6, 6.07) is 8.46. The summed E-state index contributed by atoms with van der Waals surface area (Å²) < 4.78 is 18.7. The van der Waals surface area contributed by atoms with Crippen LogP contribution < -0.4 is 0 Å². The molecule has 0 bridgehead atoms. The molecule has 0 unspecified atom stereocenters. The van der Waals surface area contributed by atoms with Gasteiger partial charge < -0.3 is 9.52 Å². The van der Waals surface area contributed by atoms with E-state index in [4.69, 9.17) is 21.1 Å². The fourth-order valence-corrected chi connectivity index (χ4v) is 2.11. The van der Waals surface area contributed by atoms with E-state index in [-0.39, 0.29) is 27.6 Å². The molecule has 100 valence electrons. The number of nitrogens with zero attached hydrogens (tertiary/aromatic N) is 1. The lowest BCUT2D eigenvalue weighted by molar-refractivity contribution is 0.0697. The first-order valence-electron chi connectivity index (χ1n) is 5.64. The molecule has 0 spiro atoms. The van der Waals surface area contributed by atoms with Gasteiger partial charge in [-0.2, -0.15) is 0 Å². The first kappa shape index (κ1) is 12.6. The third-order valence-corrected chi connectivity index (χ3v) is 3.05. The molecule has 1 N–H and O–H groups in total. The average Bonchev–Trinajstić information content (AvgIpc) is 2.83. The molecule has 0 aliphatic heterocycles. The molecule has 0 fully saturated rings. The van der Waals surface area contributed by atoms with Crippen LogP contribution in [0, 0.1) is 5.82 Å². The predicted octanol–water partition coefficient (Wildman–Crippen LogP) is 3.99. The van der Waals surface area contributed by atoms with Crippen molar-refractivity contribution in [3.05, 3.63) is 52.8 Å². The van der Waals surface area contributed by atoms with Gasteiger partial charge in [0.05, 0.1) is 10.6 Å². The zero-order chi connectivity index (χ0) is 14.3. The fraction of sp³-hybridized carbons (Fsp3) is 0. The second kappa shape index (κ2) is 4.61. The minimum atomic E-state index is -1.05. The molecule has 0 aliphatic rings. The van der Waals surface area contributed by atoms with Gasteiger partial charge in [0.1, 0.15) is 11.3 Å². The van der Waals surface area contributed by atoms with E-state index in [2.05, 4.69) is 4.98 Å². The topological polar surface area (TPSA) is 63.3 Å². The van der Waals surface area contributed by atoms with Gasteiger partial charge in [-0.05, 0) is 24.3 Å². The summed E-state index contributed by atoms with van der Waals surface area (Å²) in [6.45, 7) is 0. The summed E-state index contributed by atoms with van der Waals surface area (Å²) in [5.74, 6) is -1.37. The van der Waals surface area contributed by atoms with Crippen molar-refractivity contribution in [2.45, 2.75) is 0 Å². The summed E-state index contributed by atoms with van der Waals surface area (Å²) in [7, 11) is 0. The monoisotopic (exact) mass is 291 g/mol. The van der Waals surface area contributed by atoms with Crippen molar-refractivity contribution in [1.29, 1.82) is 0 Å². The van der Waals surface area contributed by atoms with Crippen molar-refractivity contribution in [3.63, 3.8) is 0 Å². The minimum Gasteiger partial charge on any atom is -0.478 e. The largest absolute Gasteiger partial charge is 0.478 e. The first-order valence-corrected chi connectivity index (χ1v) is 6.02. The summed E-state index contributed by atoms with van der Waals surface area (Å²) in [5.41, 5.74) is 1.15. The number of benzene rings is 2. The maximum Gasteiger partial charge on any atom is 0.335 e. The lowest BCUT2D eigenvalue weighted by Gasteiger charge is -1.97. The van der Waals surface area contributed by atoms with Crippen LogP contribution in [-0.2, 0) is 0 Å². The van der Waals surface area contributed by atoms with Crippen LogP contribution in [-0.4, -0.2) is 16.1 Å². The van der Waals surface area contributed by atoms with Gasteiger partial charge in [-0.15, -0.1) is 0 Å². The summed E-state index contributed by atoms with van der Waals surface area (Å²) >= 11 is 5.88. The number of aromatic nitrogens is 1. The Kier molecular flexibility index (Phi) is 2.91. The number of oxazole rings is 1. The highest BCUT2D eigenvalue weighted by molar-refractivity contribution is 6.34. The molecule has 0 atom stereocenters. The Hall–Kier alpha value is -2.40. The van der Waals surface area contributed by atoms with Crippen LogP contribution in [0.25, 0.3) is 22.6 Å². The Labute approximate surface area is 117 Å². The number of rotatable bonds is 2. The van der Waals surface area contributed by atoms with Gasteiger partial charge in [0, 0.05) is 11.6 Å². The van der Waals surface area contributed by atoms with Crippen LogP contribution in [0.1, 0.15) is 10.4 Å². The summed E-state index contributed by atoms with van der Waals surface area (Å²) in [6.07, 6.45) is 0. The van der Waals surface area contributed by atoms with Crippen molar-refractivity contribution in [2.75, 3.05) is 0 Å². The number of halogens is 2. The third kappa shape index (κ3) is 2.12. The van der Waals surface area contributed by atoms with Gasteiger partial charge in [0.2, 0.25) is 5.89 Å². The number of carbonyl (C=O) groups is 1. The maximum atomic E-state index is 13.2. The zero-order valence-corrected chi connectivity index (χ0v) is 10.7. The molecule has 1 aromatic heterocycles. The number of hydrogen-bond donors (Lipinski definition) is 1. The quantitative estimate of drug-likeness (QED) is 0.775. The third-order valence-electron chi connectivity index (χ3n) is 2.77. The number of carboxylic acids is 1. The van der Waals surface area contributed by atoms with Crippen LogP contribution in [0.4, 0.5) is 4.39 Å². The Morgan fingerprint density at radius 3 is 2.85 bits per heavy atom. The van der Waals surface area contributed by atoms with E-state index in [1.165, 1.54) is 18.2 Å². The molecule has 3 aromatic rings. The van der Waals surface area contributed by atoms with Gasteiger partial charge >= 0.3 is 5.97 Å². The van der Waals surface area contributed by atoms with E-state index in [0.29, 0.717) is 5.56 Å². The average molecular weight is 292 g/mol. The first-order chi connectivity index (χ1) is 9.54. The van der Waals surface area contributed by atoms with Gasteiger partial charge in [0.15, 0.2) is 5.58 Å². The van der Waals surface area contributed by atoms with Gasteiger partial charge in [-0.3, -0.25) is 0 Å². The van der Waals surface area contributed by atoms with Gasteiger partial charge in [-0.1, -0.05) is 17.7 Å². The molecular formula is C14H7ClFNO3. The van der Waals surface area contributed by atoms with Crippen LogP contribution in [0.2, 0.25) is 5.02 Å². The van der Waals surface area contributed by atoms with Gasteiger partial charge in [-0.25, -0.2) is 14.2 Å². The molecule has 0 radical (unpaired) electrons. The molecule has 0 amide bonds. The van der Waals surface area contributed by atoms with Crippen LogP contribution in [0.15, 0.2) is 40.8 Å². The number of fused-ring (bicyclic) bond motifs is 1. The summed E-state index contributed by atoms with van der Waals surface area (Å²) in [4.78, 5) is 15.1. The highest BCUT2D eigenvalue weighted by atomic mass is 35.5. The second-order valence-corrected chi connectivity index (χ2v) is 4.55. The number of carboxylic acid groups (broad SMARTS) is 1. The van der Waals surface area contributed by atoms with Crippen LogP contribution in [0.3, 0.4) is 0 Å². The fourth-order valence-electron chi connectivity index (χ4n) is 1.87. The Morgan fingerprint density at radius 1 is 1.30 bits per heavy atom. The molecule has 3 rings (SSSR count). The van der Waals surface area contributed by atoms with Crippen molar-refractivity contribution in [3.8, 4) is 11.5 Å². The van der Waals surface area contributed by atoms with E-state index in [1.807, 2.05) is 0 Å². The van der Waals surface area contributed by atoms with Crippen molar-refractivity contribution < 1.29 is 18.7 Å². The van der Waals surface area contributed by atoms with Crippen LogP contribution >= 0.6 is 11.6 Å². The SMILES string of the molecule is O=C(O)c1cccc(-c2nc3cc(F)cc(Cl)c3o2)c1. The van der Waals surface area contributed by atoms with E-state index in [1.54, 1.807) is 12.1 Å². The van der Waals surface area contributed by atoms with E-state index >= 15 is 0 Å². The van der Waals surface area contributed by atoms with E-state index in [0.717, 1.165) is 6.07 Å². The van der Waals surface area contributed by atoms with Gasteiger partial charge in [0.25, 0.3) is 0 Å². The molecule has 4 nitrogen and oxygen atoms in total. The molecule has 20 heavy (non-hydrogen) atoms. The van der Waals surface area contributed by atoms with Crippen molar-refractivity contribution >= 4 is 28.7 Å². The Balaban J connectivity index is 2.17. The molecule has 6 heteroatoms. The highest BCUT2D eigenvalue weighted by Gasteiger charge is 2.14. The Bertz CT molecular complexity index is 828. The van der Waals surface area contributed by atoms with Crippen molar-refractivity contribution in [1.82, 2.24) is 4.98 Å². The van der Waals surface area contributed by atoms with Crippen molar-refractivity contribution in [2.24, 2.45) is 0 Å². The molecule has 1 heterocycles. The maximum absolute atomic E-state index is 13.2. The number of aromatic carboxylic acids is 1. The highest BCUT2D eigenvalue weighted by Crippen LogP contribution is 2.30. The molecule has 0 aliphatic carbocycles.